The zero-order valence-electron chi connectivity index (χ0n) is 11.2. The van der Waals surface area contributed by atoms with E-state index < -0.39 is 24.2 Å². The Morgan fingerprint density at radius 2 is 2.05 bits per heavy atom. The Balaban J connectivity index is 2.06. The molecule has 2 heterocycles. The molecule has 0 radical (unpaired) electrons. The van der Waals surface area contributed by atoms with Crippen molar-refractivity contribution in [3.63, 3.8) is 0 Å². The van der Waals surface area contributed by atoms with Crippen molar-refractivity contribution in [1.82, 2.24) is 25.5 Å². The molecular formula is C11H18N6O4. The molecule has 21 heavy (non-hydrogen) atoms. The number of aliphatic hydroxyl groups is 3. The zero-order chi connectivity index (χ0) is 15.4. The first-order valence-electron chi connectivity index (χ1n) is 6.40. The first-order chi connectivity index (χ1) is 10.1. The summed E-state index contributed by atoms with van der Waals surface area (Å²) in [6.07, 6.45) is -1.00. The highest BCUT2D eigenvalue weighted by Crippen LogP contribution is 2.10. The number of anilines is 1. The minimum Gasteiger partial charge on any atom is -0.396 e. The maximum absolute atomic E-state index is 11.6. The summed E-state index contributed by atoms with van der Waals surface area (Å²) in [6.45, 7) is -0.116. The third kappa shape index (κ3) is 3.36. The summed E-state index contributed by atoms with van der Waals surface area (Å²) >= 11 is 0. The first-order valence-corrected chi connectivity index (χ1v) is 6.40. The Bertz CT molecular complexity index is 654. The number of fused-ring (bicyclic) bond motifs is 1. The van der Waals surface area contributed by atoms with Gasteiger partial charge in [-0.2, -0.15) is 5.10 Å². The average Bonchev–Trinajstić information content (AvgIpc) is 2.86. The maximum atomic E-state index is 11.6. The van der Waals surface area contributed by atoms with E-state index in [1.807, 2.05) is 0 Å². The summed E-state index contributed by atoms with van der Waals surface area (Å²) in [4.78, 5) is 18.0. The molecule has 0 aromatic carbocycles. The molecule has 0 bridgehead atoms. The fourth-order valence-corrected chi connectivity index (χ4v) is 1.95. The molecule has 0 aliphatic rings. The number of nitrogens with one attached hydrogen (secondary N) is 3. The van der Waals surface area contributed by atoms with Crippen LogP contribution in [-0.4, -0.2) is 61.3 Å². The van der Waals surface area contributed by atoms with E-state index in [4.69, 9.17) is 15.9 Å². The third-order valence-corrected chi connectivity index (χ3v) is 3.18. The van der Waals surface area contributed by atoms with Gasteiger partial charge in [0.1, 0.15) is 5.52 Å². The second-order valence-electron chi connectivity index (χ2n) is 4.67. The van der Waals surface area contributed by atoms with E-state index in [2.05, 4.69) is 25.5 Å². The van der Waals surface area contributed by atoms with Crippen LogP contribution in [-0.2, 0) is 6.54 Å². The van der Waals surface area contributed by atoms with Crippen molar-refractivity contribution < 1.29 is 15.3 Å². The number of hydrogen-bond acceptors (Lipinski definition) is 8. The van der Waals surface area contributed by atoms with E-state index in [0.717, 1.165) is 0 Å². The molecule has 8 N–H and O–H groups in total. The number of nitrogen functional groups attached to an aromatic ring is 1. The van der Waals surface area contributed by atoms with Gasteiger partial charge in [-0.25, -0.2) is 4.98 Å². The van der Waals surface area contributed by atoms with Gasteiger partial charge in [0.25, 0.3) is 5.56 Å². The van der Waals surface area contributed by atoms with Gasteiger partial charge in [0, 0.05) is 25.6 Å². The Kier molecular flexibility index (Phi) is 4.85. The largest absolute Gasteiger partial charge is 0.396 e. The molecule has 0 aliphatic carbocycles. The van der Waals surface area contributed by atoms with Crippen LogP contribution < -0.4 is 16.6 Å². The molecule has 2 aromatic rings. The molecule has 2 unspecified atom stereocenters. The predicted molar refractivity (Wildman–Crippen MR) is 74.3 cm³/mol. The fraction of sp³-hybridized carbons (Fsp3) is 0.545. The Morgan fingerprint density at radius 1 is 1.29 bits per heavy atom. The van der Waals surface area contributed by atoms with Gasteiger partial charge in [0.05, 0.1) is 18.4 Å². The van der Waals surface area contributed by atoms with Gasteiger partial charge < -0.3 is 26.4 Å². The predicted octanol–water partition coefficient (Wildman–Crippen LogP) is -2.72. The Hall–Kier alpha value is -2.01. The molecule has 0 fully saturated rings. The summed E-state index contributed by atoms with van der Waals surface area (Å²) in [5.74, 6) is -0.496. The van der Waals surface area contributed by atoms with Gasteiger partial charge in [-0.05, 0) is 0 Å². The van der Waals surface area contributed by atoms with Gasteiger partial charge >= 0.3 is 0 Å². The van der Waals surface area contributed by atoms with E-state index >= 15 is 0 Å². The van der Waals surface area contributed by atoms with Crippen molar-refractivity contribution in [2.75, 3.05) is 25.5 Å². The average molecular weight is 298 g/mol. The molecule has 0 aliphatic heterocycles. The highest BCUT2D eigenvalue weighted by Gasteiger charge is 2.17. The lowest BCUT2D eigenvalue weighted by Gasteiger charge is -2.19. The Morgan fingerprint density at radius 3 is 2.71 bits per heavy atom. The zero-order valence-corrected chi connectivity index (χ0v) is 11.2. The Labute approximate surface area is 119 Å². The van der Waals surface area contributed by atoms with Gasteiger partial charge in [0.15, 0.2) is 5.52 Å². The third-order valence-electron chi connectivity index (χ3n) is 3.18. The number of nitrogens with zero attached hydrogens (tertiary/aromatic N) is 2. The number of aromatic amines is 2. The summed E-state index contributed by atoms with van der Waals surface area (Å²) in [5, 5.41) is 37.0. The lowest BCUT2D eigenvalue weighted by Crippen LogP contribution is -2.35. The van der Waals surface area contributed by atoms with Crippen molar-refractivity contribution in [3.05, 3.63) is 16.0 Å². The smallest absolute Gasteiger partial charge is 0.280 e. The molecule has 2 atom stereocenters. The molecule has 2 aromatic heterocycles. The van der Waals surface area contributed by atoms with Crippen LogP contribution in [0.4, 0.5) is 5.95 Å². The molecule has 0 saturated carbocycles. The number of aliphatic hydroxyl groups excluding tert-OH is 3. The van der Waals surface area contributed by atoms with Gasteiger partial charge in [-0.1, -0.05) is 0 Å². The molecule has 0 saturated heterocycles. The van der Waals surface area contributed by atoms with Crippen LogP contribution in [0.5, 0.6) is 0 Å². The topological polar surface area (TPSA) is 173 Å². The van der Waals surface area contributed by atoms with E-state index in [0.29, 0.717) is 17.8 Å². The van der Waals surface area contributed by atoms with Crippen LogP contribution in [0.3, 0.4) is 0 Å². The second-order valence-corrected chi connectivity index (χ2v) is 4.67. The van der Waals surface area contributed by atoms with Crippen molar-refractivity contribution in [3.8, 4) is 0 Å². The SMILES string of the molecule is Nc1nc2c(CNCC(CO)C(O)CO)[nH]nc2c(=O)[nH]1. The van der Waals surface area contributed by atoms with Crippen molar-refractivity contribution in [1.29, 1.82) is 0 Å². The summed E-state index contributed by atoms with van der Waals surface area (Å²) in [7, 11) is 0. The lowest BCUT2D eigenvalue weighted by atomic mass is 10.0. The number of nitrogens with two attached hydrogens (primary N) is 1. The molecule has 10 heteroatoms. The van der Waals surface area contributed by atoms with Crippen LogP contribution in [0.1, 0.15) is 5.69 Å². The highest BCUT2D eigenvalue weighted by molar-refractivity contribution is 5.76. The maximum Gasteiger partial charge on any atom is 0.280 e. The van der Waals surface area contributed by atoms with Crippen LogP contribution in [0.25, 0.3) is 11.0 Å². The molecular weight excluding hydrogens is 280 g/mol. The quantitative estimate of drug-likeness (QED) is 0.288. The highest BCUT2D eigenvalue weighted by atomic mass is 16.3. The second kappa shape index (κ2) is 6.63. The fourth-order valence-electron chi connectivity index (χ4n) is 1.95. The molecule has 2 rings (SSSR count). The van der Waals surface area contributed by atoms with E-state index in [1.54, 1.807) is 0 Å². The van der Waals surface area contributed by atoms with Crippen LogP contribution in [0.15, 0.2) is 4.79 Å². The normalized spacial score (nSPS) is 14.4. The molecule has 10 nitrogen and oxygen atoms in total. The molecule has 116 valence electrons. The summed E-state index contributed by atoms with van der Waals surface area (Å²) < 4.78 is 0. The van der Waals surface area contributed by atoms with Gasteiger partial charge in [0.2, 0.25) is 5.95 Å². The molecule has 0 spiro atoms. The van der Waals surface area contributed by atoms with Crippen molar-refractivity contribution in [2.45, 2.75) is 12.6 Å². The number of aromatic nitrogens is 4. The number of H-pyrrole nitrogens is 2. The van der Waals surface area contributed by atoms with Gasteiger partial charge in [-0.15, -0.1) is 0 Å². The van der Waals surface area contributed by atoms with E-state index in [9.17, 15) is 9.90 Å². The summed E-state index contributed by atoms with van der Waals surface area (Å²) in [5.41, 5.74) is 6.16. The number of hydrogen-bond donors (Lipinski definition) is 7. The lowest BCUT2D eigenvalue weighted by molar-refractivity contribution is 0.0228. The van der Waals surface area contributed by atoms with Crippen LogP contribution in [0.2, 0.25) is 0 Å². The van der Waals surface area contributed by atoms with Crippen LogP contribution in [0, 0.1) is 5.92 Å². The molecule has 0 amide bonds. The monoisotopic (exact) mass is 298 g/mol. The standard InChI is InChI=1S/C11H18N6O4/c12-11-14-8-6(16-17-9(8)10(21)15-11)2-13-1-5(3-18)7(20)4-19/h5,7,13,18-20H,1-4H2,(H,16,17)(H3,12,14,15,21). The van der Waals surface area contributed by atoms with E-state index in [-0.39, 0.29) is 24.6 Å². The first kappa shape index (κ1) is 15.4. The van der Waals surface area contributed by atoms with Gasteiger partial charge in [-0.3, -0.25) is 14.9 Å². The van der Waals surface area contributed by atoms with Crippen molar-refractivity contribution in [2.24, 2.45) is 5.92 Å². The summed E-state index contributed by atoms with van der Waals surface area (Å²) in [6, 6.07) is 0. The van der Waals surface area contributed by atoms with E-state index in [1.165, 1.54) is 0 Å². The van der Waals surface area contributed by atoms with Crippen LogP contribution >= 0.6 is 0 Å². The minimum atomic E-state index is -1.00. The minimum absolute atomic E-state index is 0.000845. The van der Waals surface area contributed by atoms with Crippen molar-refractivity contribution >= 4 is 17.0 Å². The number of rotatable bonds is 7.